The molecule has 0 spiro atoms. The van der Waals surface area contributed by atoms with Crippen molar-refractivity contribution in [3.8, 4) is 17.2 Å². The number of rotatable bonds is 7. The number of phenols is 3. The lowest BCUT2D eigenvalue weighted by atomic mass is 9.64. The molecule has 0 saturated heterocycles. The summed E-state index contributed by atoms with van der Waals surface area (Å²) in [5, 5.41) is 32.7. The van der Waals surface area contributed by atoms with Crippen LogP contribution in [-0.4, -0.2) is 15.3 Å². The van der Waals surface area contributed by atoms with Crippen LogP contribution < -0.4 is 0 Å². The van der Waals surface area contributed by atoms with E-state index in [1.807, 2.05) is 66.7 Å². The zero-order valence-electron chi connectivity index (χ0n) is 19.1. The number of hydrogen-bond donors (Lipinski definition) is 3. The number of phenolic OH excluding ortho intramolecular Hbond substituents is 3. The zero-order valence-corrected chi connectivity index (χ0v) is 19.1. The number of aromatic hydroxyl groups is 3. The fourth-order valence-electron chi connectivity index (χ4n) is 5.25. The molecule has 0 heterocycles. The van der Waals surface area contributed by atoms with Gasteiger partial charge in [0.2, 0.25) is 0 Å². The van der Waals surface area contributed by atoms with Crippen molar-refractivity contribution in [2.45, 2.75) is 38.0 Å². The van der Waals surface area contributed by atoms with E-state index < -0.39 is 5.41 Å². The lowest BCUT2D eigenvalue weighted by Gasteiger charge is -2.38. The second kappa shape index (κ2) is 9.41. The molecular weight excluding hydrogens is 408 g/mol. The average molecular weight is 439 g/mol. The minimum absolute atomic E-state index is 0.0509. The Morgan fingerprint density at radius 3 is 1.42 bits per heavy atom. The Morgan fingerprint density at radius 1 is 0.545 bits per heavy atom. The molecule has 0 amide bonds. The Labute approximate surface area is 195 Å². The molecule has 0 saturated carbocycles. The van der Waals surface area contributed by atoms with Gasteiger partial charge in [-0.3, -0.25) is 0 Å². The minimum atomic E-state index is -0.787. The van der Waals surface area contributed by atoms with Crippen molar-refractivity contribution in [1.82, 2.24) is 0 Å². The molecule has 0 fully saturated rings. The van der Waals surface area contributed by atoms with E-state index in [2.05, 4.69) is 26.0 Å². The standard InChI is InChI=1S/C30H30O3/c1-3-21(23-14-6-10-18-27(23)31)22-13-5-7-15-24(22)30(4-2,25-16-8-11-19-28(25)32)26-17-9-12-20-29(26)33/h5-21,31-33H,3-4H2,1-2H3. The van der Waals surface area contributed by atoms with Crippen molar-refractivity contribution >= 4 is 0 Å². The van der Waals surface area contributed by atoms with Crippen LogP contribution in [0.15, 0.2) is 97.1 Å². The first-order chi connectivity index (χ1) is 16.0. The van der Waals surface area contributed by atoms with Crippen LogP contribution in [0.5, 0.6) is 17.2 Å². The third-order valence-electron chi connectivity index (χ3n) is 6.77. The van der Waals surface area contributed by atoms with Crippen LogP contribution in [0.25, 0.3) is 0 Å². The third-order valence-corrected chi connectivity index (χ3v) is 6.77. The largest absolute Gasteiger partial charge is 0.508 e. The molecule has 0 radical (unpaired) electrons. The van der Waals surface area contributed by atoms with Crippen molar-refractivity contribution in [3.63, 3.8) is 0 Å². The summed E-state index contributed by atoms with van der Waals surface area (Å²) in [5.41, 5.74) is 3.64. The van der Waals surface area contributed by atoms with Crippen molar-refractivity contribution < 1.29 is 15.3 Å². The van der Waals surface area contributed by atoms with Gasteiger partial charge in [0.1, 0.15) is 17.2 Å². The highest BCUT2D eigenvalue weighted by molar-refractivity contribution is 5.61. The maximum Gasteiger partial charge on any atom is 0.120 e. The van der Waals surface area contributed by atoms with Gasteiger partial charge in [0.25, 0.3) is 0 Å². The summed E-state index contributed by atoms with van der Waals surface area (Å²) >= 11 is 0. The van der Waals surface area contributed by atoms with Crippen LogP contribution >= 0.6 is 0 Å². The van der Waals surface area contributed by atoms with Gasteiger partial charge in [-0.25, -0.2) is 0 Å². The first-order valence-corrected chi connectivity index (χ1v) is 11.5. The van der Waals surface area contributed by atoms with Crippen molar-refractivity contribution in [3.05, 3.63) is 125 Å². The molecule has 0 aliphatic rings. The van der Waals surface area contributed by atoms with Gasteiger partial charge in [-0.1, -0.05) is 92.7 Å². The summed E-state index contributed by atoms with van der Waals surface area (Å²) in [6.07, 6.45) is 1.41. The molecule has 168 valence electrons. The van der Waals surface area contributed by atoms with Crippen LogP contribution in [0.2, 0.25) is 0 Å². The molecule has 4 aromatic carbocycles. The van der Waals surface area contributed by atoms with E-state index in [-0.39, 0.29) is 23.2 Å². The molecule has 3 nitrogen and oxygen atoms in total. The van der Waals surface area contributed by atoms with Gasteiger partial charge in [0.15, 0.2) is 0 Å². The Morgan fingerprint density at radius 2 is 0.970 bits per heavy atom. The van der Waals surface area contributed by atoms with Gasteiger partial charge in [-0.05, 0) is 42.2 Å². The SMILES string of the molecule is CCC(c1ccccc1O)c1ccccc1C(CC)(c1ccccc1O)c1ccccc1O. The highest BCUT2D eigenvalue weighted by Crippen LogP contribution is 2.51. The monoisotopic (exact) mass is 438 g/mol. The molecule has 33 heavy (non-hydrogen) atoms. The zero-order chi connectivity index (χ0) is 23.4. The highest BCUT2D eigenvalue weighted by atomic mass is 16.3. The quantitative estimate of drug-likeness (QED) is 0.270. The molecular formula is C30H30O3. The van der Waals surface area contributed by atoms with E-state index in [1.165, 1.54) is 0 Å². The normalized spacial score (nSPS) is 12.4. The first kappa shape index (κ1) is 22.5. The maximum absolute atomic E-state index is 11.0. The van der Waals surface area contributed by atoms with E-state index in [0.717, 1.165) is 34.2 Å². The van der Waals surface area contributed by atoms with Gasteiger partial charge >= 0.3 is 0 Å². The van der Waals surface area contributed by atoms with Crippen molar-refractivity contribution in [1.29, 1.82) is 0 Å². The van der Waals surface area contributed by atoms with Crippen LogP contribution in [-0.2, 0) is 5.41 Å². The van der Waals surface area contributed by atoms with E-state index in [0.29, 0.717) is 6.42 Å². The van der Waals surface area contributed by atoms with Crippen molar-refractivity contribution in [2.24, 2.45) is 0 Å². The molecule has 1 unspecified atom stereocenters. The van der Waals surface area contributed by atoms with Crippen LogP contribution in [0.3, 0.4) is 0 Å². The topological polar surface area (TPSA) is 60.7 Å². The van der Waals surface area contributed by atoms with Gasteiger partial charge in [0, 0.05) is 22.6 Å². The highest BCUT2D eigenvalue weighted by Gasteiger charge is 2.41. The smallest absolute Gasteiger partial charge is 0.120 e. The predicted octanol–water partition coefficient (Wildman–Crippen LogP) is 7.09. The first-order valence-electron chi connectivity index (χ1n) is 11.5. The molecule has 3 N–H and O–H groups in total. The van der Waals surface area contributed by atoms with Gasteiger partial charge < -0.3 is 15.3 Å². The molecule has 0 aliphatic heterocycles. The fraction of sp³-hybridized carbons (Fsp3) is 0.200. The van der Waals surface area contributed by atoms with Crippen LogP contribution in [0.4, 0.5) is 0 Å². The number of para-hydroxylation sites is 3. The molecule has 0 aromatic heterocycles. The Balaban J connectivity index is 2.08. The Hall–Kier alpha value is -3.72. The van der Waals surface area contributed by atoms with E-state index >= 15 is 0 Å². The predicted molar refractivity (Wildman–Crippen MR) is 133 cm³/mol. The average Bonchev–Trinajstić information content (AvgIpc) is 2.84. The van der Waals surface area contributed by atoms with E-state index in [1.54, 1.807) is 18.2 Å². The summed E-state index contributed by atoms with van der Waals surface area (Å²) in [4.78, 5) is 0. The van der Waals surface area contributed by atoms with E-state index in [9.17, 15) is 15.3 Å². The maximum atomic E-state index is 11.0. The second-order valence-corrected chi connectivity index (χ2v) is 8.40. The molecule has 4 rings (SSSR count). The molecule has 4 aromatic rings. The molecule has 1 atom stereocenters. The molecule has 0 bridgehead atoms. The number of benzene rings is 4. The van der Waals surface area contributed by atoms with Gasteiger partial charge in [-0.15, -0.1) is 0 Å². The Bertz CT molecular complexity index is 1200. The summed E-state index contributed by atoms with van der Waals surface area (Å²) in [6, 6.07) is 30.4. The number of hydrogen-bond acceptors (Lipinski definition) is 3. The minimum Gasteiger partial charge on any atom is -0.508 e. The Kier molecular flexibility index (Phi) is 6.41. The van der Waals surface area contributed by atoms with Crippen molar-refractivity contribution in [2.75, 3.05) is 0 Å². The third kappa shape index (κ3) is 3.84. The van der Waals surface area contributed by atoms with Crippen LogP contribution in [0.1, 0.15) is 60.4 Å². The second-order valence-electron chi connectivity index (χ2n) is 8.40. The van der Waals surface area contributed by atoms with Gasteiger partial charge in [0.05, 0.1) is 5.41 Å². The summed E-state index contributed by atoms with van der Waals surface area (Å²) < 4.78 is 0. The summed E-state index contributed by atoms with van der Waals surface area (Å²) in [5.74, 6) is 0.595. The molecule has 3 heteroatoms. The van der Waals surface area contributed by atoms with Gasteiger partial charge in [-0.2, -0.15) is 0 Å². The summed E-state index contributed by atoms with van der Waals surface area (Å²) in [7, 11) is 0. The summed E-state index contributed by atoms with van der Waals surface area (Å²) in [6.45, 7) is 4.19. The van der Waals surface area contributed by atoms with E-state index in [4.69, 9.17) is 0 Å². The van der Waals surface area contributed by atoms with Crippen LogP contribution in [0, 0.1) is 0 Å². The molecule has 0 aliphatic carbocycles. The fourth-order valence-corrected chi connectivity index (χ4v) is 5.25. The lowest BCUT2D eigenvalue weighted by molar-refractivity contribution is 0.428. The lowest BCUT2D eigenvalue weighted by Crippen LogP contribution is -2.31.